The Labute approximate surface area is 165 Å². The third-order valence-corrected chi connectivity index (χ3v) is 4.73. The van der Waals surface area contributed by atoms with Crippen molar-refractivity contribution >= 4 is 18.2 Å². The lowest BCUT2D eigenvalue weighted by Gasteiger charge is -2.25. The standard InChI is InChI=1S/C20H22F5N3O/c1-4-13(2)14-5-7-15(8-6-14)18(26-3)28-27-16-9-11-17(12-10-16)29-20(24,25)19(21,22)23/h4,7,9-14,27H,1,3,5-6,8H2,2H3/b28-18-. The van der Waals surface area contributed by atoms with Crippen molar-refractivity contribution in [1.29, 1.82) is 0 Å². The summed E-state index contributed by atoms with van der Waals surface area (Å²) in [5.41, 5.74) is 3.99. The van der Waals surface area contributed by atoms with Gasteiger partial charge in [-0.25, -0.2) is 4.99 Å². The highest BCUT2D eigenvalue weighted by Gasteiger charge is 2.61. The fourth-order valence-electron chi connectivity index (χ4n) is 2.86. The van der Waals surface area contributed by atoms with Crippen LogP contribution in [0.5, 0.6) is 5.75 Å². The lowest BCUT2D eigenvalue weighted by molar-refractivity contribution is -0.360. The molecule has 0 saturated heterocycles. The van der Waals surface area contributed by atoms with E-state index in [1.165, 1.54) is 12.1 Å². The Hall–Kier alpha value is -2.71. The largest absolute Gasteiger partial charge is 0.499 e. The van der Waals surface area contributed by atoms with Crippen LogP contribution in [-0.2, 0) is 0 Å². The molecule has 1 aliphatic carbocycles. The van der Waals surface area contributed by atoms with E-state index in [4.69, 9.17) is 0 Å². The molecule has 0 aromatic heterocycles. The van der Waals surface area contributed by atoms with Gasteiger partial charge in [0.25, 0.3) is 0 Å². The Morgan fingerprint density at radius 1 is 1.24 bits per heavy atom. The van der Waals surface area contributed by atoms with Crippen LogP contribution in [0.3, 0.4) is 0 Å². The molecule has 1 aromatic carbocycles. The fourth-order valence-corrected chi connectivity index (χ4v) is 2.86. The van der Waals surface area contributed by atoms with Gasteiger partial charge in [0.1, 0.15) is 5.75 Å². The summed E-state index contributed by atoms with van der Waals surface area (Å²) >= 11 is 0. The van der Waals surface area contributed by atoms with Gasteiger partial charge in [0.15, 0.2) is 5.84 Å². The number of alkyl halides is 5. The van der Waals surface area contributed by atoms with Gasteiger partial charge >= 0.3 is 12.3 Å². The number of nitrogens with one attached hydrogen (secondary N) is 1. The molecular weight excluding hydrogens is 393 g/mol. The number of amidine groups is 1. The molecule has 0 heterocycles. The Morgan fingerprint density at radius 3 is 2.38 bits per heavy atom. The highest BCUT2D eigenvalue weighted by Crippen LogP contribution is 2.37. The van der Waals surface area contributed by atoms with Crippen molar-refractivity contribution in [2.45, 2.75) is 38.5 Å². The van der Waals surface area contributed by atoms with Crippen molar-refractivity contribution in [2.75, 3.05) is 5.43 Å². The number of benzene rings is 1. The third kappa shape index (κ3) is 5.88. The summed E-state index contributed by atoms with van der Waals surface area (Å²) in [6.45, 7) is 9.45. The summed E-state index contributed by atoms with van der Waals surface area (Å²) in [5, 5.41) is 4.15. The molecule has 158 valence electrons. The minimum atomic E-state index is -5.80. The van der Waals surface area contributed by atoms with Crippen LogP contribution in [0.2, 0.25) is 0 Å². The van der Waals surface area contributed by atoms with Crippen LogP contribution in [0.4, 0.5) is 27.6 Å². The van der Waals surface area contributed by atoms with Crippen molar-refractivity contribution < 1.29 is 26.7 Å². The molecule has 0 amide bonds. The van der Waals surface area contributed by atoms with E-state index in [2.05, 4.69) is 46.6 Å². The van der Waals surface area contributed by atoms with Crippen molar-refractivity contribution in [1.82, 2.24) is 0 Å². The minimum absolute atomic E-state index is 0.364. The smallest absolute Gasteiger partial charge is 0.426 e. The van der Waals surface area contributed by atoms with Gasteiger partial charge in [0.05, 0.1) is 5.69 Å². The first-order valence-corrected chi connectivity index (χ1v) is 8.93. The van der Waals surface area contributed by atoms with Gasteiger partial charge in [-0.05, 0) is 67.7 Å². The molecule has 0 saturated carbocycles. The monoisotopic (exact) mass is 415 g/mol. The maximum atomic E-state index is 12.9. The summed E-state index contributed by atoms with van der Waals surface area (Å²) in [7, 11) is 0. The van der Waals surface area contributed by atoms with E-state index < -0.39 is 18.0 Å². The zero-order valence-corrected chi connectivity index (χ0v) is 15.8. The first-order valence-electron chi connectivity index (χ1n) is 8.93. The highest BCUT2D eigenvalue weighted by molar-refractivity contribution is 6.01. The van der Waals surface area contributed by atoms with Crippen molar-refractivity contribution in [3.8, 4) is 5.75 Å². The second kappa shape index (κ2) is 9.19. The van der Waals surface area contributed by atoms with E-state index in [-0.39, 0.29) is 0 Å². The van der Waals surface area contributed by atoms with Gasteiger partial charge in [0, 0.05) is 0 Å². The Balaban J connectivity index is 2.02. The van der Waals surface area contributed by atoms with Gasteiger partial charge in [-0.2, -0.15) is 27.1 Å². The van der Waals surface area contributed by atoms with Crippen LogP contribution in [0.25, 0.3) is 0 Å². The summed E-state index contributed by atoms with van der Waals surface area (Å²) in [5.74, 6) is 0.700. The van der Waals surface area contributed by atoms with E-state index in [0.717, 1.165) is 37.0 Å². The molecule has 9 heteroatoms. The fraction of sp³-hybridized carbons (Fsp3) is 0.400. The van der Waals surface area contributed by atoms with E-state index >= 15 is 0 Å². The van der Waals surface area contributed by atoms with Crippen LogP contribution in [-0.4, -0.2) is 24.8 Å². The zero-order chi connectivity index (χ0) is 21.7. The predicted octanol–water partition coefficient (Wildman–Crippen LogP) is 6.20. The maximum Gasteiger partial charge on any atom is 0.499 e. The first-order chi connectivity index (χ1) is 13.6. The molecule has 0 aliphatic heterocycles. The molecule has 2 atom stereocenters. The topological polar surface area (TPSA) is 46.0 Å². The van der Waals surface area contributed by atoms with E-state index in [0.29, 0.717) is 23.4 Å². The minimum Gasteiger partial charge on any atom is -0.426 e. The van der Waals surface area contributed by atoms with Crippen LogP contribution in [0, 0.1) is 11.8 Å². The van der Waals surface area contributed by atoms with Crippen LogP contribution < -0.4 is 10.2 Å². The number of anilines is 1. The molecular formula is C20H22F5N3O. The summed E-state index contributed by atoms with van der Waals surface area (Å²) < 4.78 is 66.1. The molecule has 29 heavy (non-hydrogen) atoms. The average Bonchev–Trinajstić information content (AvgIpc) is 2.68. The average molecular weight is 415 g/mol. The number of hydrazone groups is 1. The second-order valence-electron chi connectivity index (χ2n) is 6.70. The first kappa shape index (κ1) is 22.6. The maximum absolute atomic E-state index is 12.9. The van der Waals surface area contributed by atoms with Gasteiger partial charge in [-0.3, -0.25) is 5.43 Å². The van der Waals surface area contributed by atoms with Gasteiger partial charge in [-0.1, -0.05) is 19.1 Å². The molecule has 0 bridgehead atoms. The van der Waals surface area contributed by atoms with Gasteiger partial charge in [0.2, 0.25) is 0 Å². The van der Waals surface area contributed by atoms with E-state index in [1.54, 1.807) is 0 Å². The molecule has 0 radical (unpaired) electrons. The number of ether oxygens (including phenoxy) is 1. The lowest BCUT2D eigenvalue weighted by atomic mass is 9.81. The third-order valence-electron chi connectivity index (χ3n) is 4.73. The summed E-state index contributed by atoms with van der Waals surface area (Å²) in [6, 6.07) is 4.51. The van der Waals surface area contributed by atoms with Gasteiger partial charge < -0.3 is 4.74 Å². The van der Waals surface area contributed by atoms with Crippen molar-refractivity contribution in [2.24, 2.45) is 21.9 Å². The predicted molar refractivity (Wildman–Crippen MR) is 103 cm³/mol. The van der Waals surface area contributed by atoms with Crippen molar-refractivity contribution in [3.63, 3.8) is 0 Å². The molecule has 1 aliphatic rings. The second-order valence-corrected chi connectivity index (χ2v) is 6.70. The molecule has 2 unspecified atom stereocenters. The number of hydrogen-bond acceptors (Lipinski definition) is 3. The number of allylic oxidation sites excluding steroid dienone is 2. The quantitative estimate of drug-likeness (QED) is 0.190. The van der Waals surface area contributed by atoms with Crippen molar-refractivity contribution in [3.05, 3.63) is 48.6 Å². The zero-order valence-electron chi connectivity index (χ0n) is 15.8. The van der Waals surface area contributed by atoms with E-state index in [9.17, 15) is 22.0 Å². The molecule has 2 rings (SSSR count). The molecule has 1 N–H and O–H groups in total. The molecule has 1 aromatic rings. The Morgan fingerprint density at radius 2 is 1.90 bits per heavy atom. The highest BCUT2D eigenvalue weighted by atomic mass is 19.4. The molecule has 0 fully saturated rings. The Kier molecular flexibility index (Phi) is 7.16. The molecule has 4 nitrogen and oxygen atoms in total. The number of nitrogens with zero attached hydrogens (tertiary/aromatic N) is 2. The SMILES string of the molecule is C=CC(C)C1CC=C(/C(N=C)=N/Nc2ccc(OC(F)(F)C(F)(F)F)cc2)CC1. The summed E-state index contributed by atoms with van der Waals surface area (Å²) in [6.07, 6.45) is -4.46. The van der Waals surface area contributed by atoms with Crippen LogP contribution in [0.1, 0.15) is 26.2 Å². The lowest BCUT2D eigenvalue weighted by Crippen LogP contribution is -2.41. The van der Waals surface area contributed by atoms with E-state index in [1.807, 2.05) is 6.08 Å². The Bertz CT molecular complexity index is 784. The number of aliphatic imine (C=N–C) groups is 1. The number of halogens is 5. The molecule has 0 spiro atoms. The van der Waals surface area contributed by atoms with Gasteiger partial charge in [-0.15, -0.1) is 6.58 Å². The summed E-state index contributed by atoms with van der Waals surface area (Å²) in [4.78, 5) is 3.91. The number of rotatable bonds is 7. The van der Waals surface area contributed by atoms with Crippen LogP contribution in [0.15, 0.2) is 58.7 Å². The normalized spacial score (nSPS) is 19.2. The number of hydrogen-bond donors (Lipinski definition) is 1. The van der Waals surface area contributed by atoms with Crippen LogP contribution >= 0.6 is 0 Å².